The van der Waals surface area contributed by atoms with Crippen LogP contribution < -0.4 is 0 Å². The molecule has 0 aromatic heterocycles. The second-order valence-electron chi connectivity index (χ2n) is 2.67. The summed E-state index contributed by atoms with van der Waals surface area (Å²) in [5.41, 5.74) is 0. The van der Waals surface area contributed by atoms with E-state index in [0.29, 0.717) is 5.92 Å². The van der Waals surface area contributed by atoms with Crippen LogP contribution in [0.5, 0.6) is 0 Å². The van der Waals surface area contributed by atoms with Crippen molar-refractivity contribution in [2.45, 2.75) is 27.7 Å². The Balaban J connectivity index is 3.68. The second-order valence-corrected chi connectivity index (χ2v) is 2.67. The quantitative estimate of drug-likeness (QED) is 0.415. The highest BCUT2D eigenvalue weighted by Gasteiger charge is 1.89. The van der Waals surface area contributed by atoms with Gasteiger partial charge in [0.1, 0.15) is 5.84 Å². The Hall–Kier alpha value is -0.660. The Bertz CT molecular complexity index is 134. The van der Waals surface area contributed by atoms with Crippen LogP contribution in [0, 0.1) is 5.92 Å². The molecule has 10 heavy (non-hydrogen) atoms. The van der Waals surface area contributed by atoms with Gasteiger partial charge in [-0.25, -0.2) is 4.99 Å². The first-order chi connectivity index (χ1) is 4.66. The topological polar surface area (TPSA) is 24.7 Å². The van der Waals surface area contributed by atoms with Crippen molar-refractivity contribution in [1.82, 2.24) is 0 Å². The summed E-state index contributed by atoms with van der Waals surface area (Å²) in [5.74, 6) is 1.50. The zero-order valence-corrected chi connectivity index (χ0v) is 7.26. The van der Waals surface area contributed by atoms with Crippen LogP contribution in [-0.4, -0.2) is 18.6 Å². The molecular formula is C8H16N2. The number of hydrogen-bond donors (Lipinski definition) is 0. The molecule has 0 aromatic rings. The van der Waals surface area contributed by atoms with Crippen LogP contribution in [0.2, 0.25) is 0 Å². The first-order valence-corrected chi connectivity index (χ1v) is 3.66. The maximum atomic E-state index is 4.23. The van der Waals surface area contributed by atoms with Gasteiger partial charge in [0.25, 0.3) is 0 Å². The molecule has 0 aliphatic rings. The monoisotopic (exact) mass is 140 g/mol. The molecule has 0 aromatic carbocycles. The van der Waals surface area contributed by atoms with E-state index in [-0.39, 0.29) is 0 Å². The number of nitrogens with zero attached hydrogens (tertiary/aromatic N) is 2. The van der Waals surface area contributed by atoms with Gasteiger partial charge in [-0.15, -0.1) is 0 Å². The van der Waals surface area contributed by atoms with Crippen LogP contribution in [-0.2, 0) is 0 Å². The highest BCUT2D eigenvalue weighted by Crippen LogP contribution is 1.92. The van der Waals surface area contributed by atoms with Gasteiger partial charge in [0.15, 0.2) is 0 Å². The van der Waals surface area contributed by atoms with E-state index in [4.69, 9.17) is 0 Å². The van der Waals surface area contributed by atoms with Crippen molar-refractivity contribution in [3.63, 3.8) is 0 Å². The minimum atomic E-state index is 0.627. The minimum Gasteiger partial charge on any atom is -0.271 e. The lowest BCUT2D eigenvalue weighted by Crippen LogP contribution is -1.95. The first kappa shape index (κ1) is 9.34. The lowest BCUT2D eigenvalue weighted by Gasteiger charge is -1.97. The molecular weight excluding hydrogens is 124 g/mol. The molecule has 0 fully saturated rings. The third-order valence-corrected chi connectivity index (χ3v) is 1.00. The molecule has 0 atom stereocenters. The van der Waals surface area contributed by atoms with Crippen LogP contribution in [0.25, 0.3) is 0 Å². The fourth-order valence-electron chi connectivity index (χ4n) is 0.542. The molecule has 2 heteroatoms. The predicted octanol–water partition coefficient (Wildman–Crippen LogP) is 2.15. The Morgan fingerprint density at radius 3 is 2.50 bits per heavy atom. The van der Waals surface area contributed by atoms with Crippen LogP contribution in [0.1, 0.15) is 27.7 Å². The molecule has 58 valence electrons. The van der Waals surface area contributed by atoms with E-state index in [1.807, 2.05) is 13.8 Å². The van der Waals surface area contributed by atoms with Crippen molar-refractivity contribution in [3.8, 4) is 0 Å². The van der Waals surface area contributed by atoms with Crippen LogP contribution in [0.15, 0.2) is 9.98 Å². The van der Waals surface area contributed by atoms with Gasteiger partial charge in [-0.2, -0.15) is 0 Å². The molecule has 0 amide bonds. The van der Waals surface area contributed by atoms with Crippen molar-refractivity contribution < 1.29 is 0 Å². The molecule has 0 radical (unpaired) electrons. The van der Waals surface area contributed by atoms with Gasteiger partial charge < -0.3 is 0 Å². The van der Waals surface area contributed by atoms with Gasteiger partial charge in [0.2, 0.25) is 0 Å². The number of hydrogen-bond acceptors (Lipinski definition) is 1. The third kappa shape index (κ3) is 5.48. The Morgan fingerprint density at radius 1 is 1.50 bits per heavy atom. The largest absolute Gasteiger partial charge is 0.271 e. The van der Waals surface area contributed by atoms with Crippen LogP contribution in [0.3, 0.4) is 0 Å². The summed E-state index contributed by atoms with van der Waals surface area (Å²) in [4.78, 5) is 8.25. The highest BCUT2D eigenvalue weighted by atomic mass is 14.9. The van der Waals surface area contributed by atoms with E-state index in [0.717, 1.165) is 12.4 Å². The Labute approximate surface area is 63.1 Å². The van der Waals surface area contributed by atoms with Crippen LogP contribution in [0.4, 0.5) is 0 Å². The molecule has 0 saturated carbocycles. The fourth-order valence-corrected chi connectivity index (χ4v) is 0.542. The van der Waals surface area contributed by atoms with E-state index in [9.17, 15) is 0 Å². The molecule has 0 spiro atoms. The van der Waals surface area contributed by atoms with Gasteiger partial charge in [0.05, 0.1) is 0 Å². The number of amidine groups is 1. The normalized spacial score (nSPS) is 13.5. The van der Waals surface area contributed by atoms with Crippen molar-refractivity contribution in [2.24, 2.45) is 15.9 Å². The molecule has 0 aliphatic carbocycles. The second kappa shape index (κ2) is 5.15. The van der Waals surface area contributed by atoms with Gasteiger partial charge in [0, 0.05) is 12.8 Å². The summed E-state index contributed by atoms with van der Waals surface area (Å²) in [6, 6.07) is 0. The zero-order valence-electron chi connectivity index (χ0n) is 7.26. The first-order valence-electron chi connectivity index (χ1n) is 3.66. The SMILES string of the molecule is C/C=N\C(C)=N/CC(C)C. The van der Waals surface area contributed by atoms with Crippen molar-refractivity contribution in [1.29, 1.82) is 0 Å². The minimum absolute atomic E-state index is 0.627. The fraction of sp³-hybridized carbons (Fsp3) is 0.750. The highest BCUT2D eigenvalue weighted by molar-refractivity contribution is 5.86. The van der Waals surface area contributed by atoms with Gasteiger partial charge in [-0.05, 0) is 19.8 Å². The number of aliphatic imine (C=N–C) groups is 2. The molecule has 0 N–H and O–H groups in total. The zero-order chi connectivity index (χ0) is 7.98. The molecule has 2 nitrogen and oxygen atoms in total. The van der Waals surface area contributed by atoms with Crippen molar-refractivity contribution in [2.75, 3.05) is 6.54 Å². The van der Waals surface area contributed by atoms with E-state index in [2.05, 4.69) is 23.8 Å². The molecule has 0 aliphatic heterocycles. The number of rotatable bonds is 2. The van der Waals surface area contributed by atoms with Gasteiger partial charge >= 0.3 is 0 Å². The van der Waals surface area contributed by atoms with E-state index in [1.165, 1.54) is 0 Å². The summed E-state index contributed by atoms with van der Waals surface area (Å²) in [5, 5.41) is 0. The molecule has 0 rings (SSSR count). The Morgan fingerprint density at radius 2 is 2.10 bits per heavy atom. The lowest BCUT2D eigenvalue weighted by atomic mass is 10.2. The average Bonchev–Trinajstić information content (AvgIpc) is 1.85. The summed E-state index contributed by atoms with van der Waals surface area (Å²) in [6.45, 7) is 8.98. The maximum absolute atomic E-state index is 4.23. The Kier molecular flexibility index (Phi) is 4.81. The summed E-state index contributed by atoms with van der Waals surface area (Å²) in [6.07, 6.45) is 1.76. The van der Waals surface area contributed by atoms with E-state index >= 15 is 0 Å². The molecule has 0 bridgehead atoms. The van der Waals surface area contributed by atoms with Gasteiger partial charge in [-0.1, -0.05) is 13.8 Å². The molecule has 0 saturated heterocycles. The smallest absolute Gasteiger partial charge is 0.119 e. The van der Waals surface area contributed by atoms with Crippen molar-refractivity contribution in [3.05, 3.63) is 0 Å². The average molecular weight is 140 g/mol. The summed E-state index contributed by atoms with van der Waals surface area (Å²) >= 11 is 0. The predicted molar refractivity (Wildman–Crippen MR) is 47.0 cm³/mol. The third-order valence-electron chi connectivity index (χ3n) is 1.00. The van der Waals surface area contributed by atoms with E-state index < -0.39 is 0 Å². The van der Waals surface area contributed by atoms with Crippen molar-refractivity contribution >= 4 is 12.1 Å². The molecule has 0 unspecified atom stereocenters. The van der Waals surface area contributed by atoms with E-state index in [1.54, 1.807) is 6.21 Å². The summed E-state index contributed by atoms with van der Waals surface area (Å²) < 4.78 is 0. The van der Waals surface area contributed by atoms with Crippen LogP contribution >= 0.6 is 0 Å². The van der Waals surface area contributed by atoms with Gasteiger partial charge in [-0.3, -0.25) is 4.99 Å². The standard InChI is InChI=1S/C8H16N2/c1-5-9-8(4)10-6-7(2)3/h5,7H,6H2,1-4H3/b9-5-,10-8-. The maximum Gasteiger partial charge on any atom is 0.119 e. The molecule has 0 heterocycles. The lowest BCUT2D eigenvalue weighted by molar-refractivity contribution is 0.665. The summed E-state index contributed by atoms with van der Waals surface area (Å²) in [7, 11) is 0.